The monoisotopic (exact) mass is 499 g/mol. The molecule has 7 nitrogen and oxygen atoms in total. The SMILES string of the molecule is COC1=CCC(C2CCc3cc(N4CCOc5cc(C(=O)N6CCCCC6)cnc54)ccc3C2=O)C=C1. The van der Waals surface area contributed by atoms with E-state index in [0.717, 1.165) is 73.6 Å². The van der Waals surface area contributed by atoms with Gasteiger partial charge >= 0.3 is 0 Å². The topological polar surface area (TPSA) is 72.0 Å². The summed E-state index contributed by atoms with van der Waals surface area (Å²) in [6, 6.07) is 7.96. The third-order valence-electron chi connectivity index (χ3n) is 8.13. The largest absolute Gasteiger partial charge is 0.497 e. The third kappa shape index (κ3) is 4.52. The number of carbonyl (C=O) groups is 2. The maximum absolute atomic E-state index is 13.4. The number of benzene rings is 1. The number of rotatable bonds is 4. The number of aryl methyl sites for hydroxylation is 1. The molecule has 0 saturated carbocycles. The van der Waals surface area contributed by atoms with Gasteiger partial charge in [-0.1, -0.05) is 6.08 Å². The summed E-state index contributed by atoms with van der Waals surface area (Å²) in [5, 5.41) is 0. The number of hydrogen-bond acceptors (Lipinski definition) is 6. The molecule has 1 saturated heterocycles. The van der Waals surface area contributed by atoms with Crippen LogP contribution in [-0.2, 0) is 11.2 Å². The van der Waals surface area contributed by atoms with Gasteiger partial charge in [-0.2, -0.15) is 0 Å². The molecule has 6 rings (SSSR count). The minimum Gasteiger partial charge on any atom is -0.497 e. The van der Waals surface area contributed by atoms with Crippen molar-refractivity contribution < 1.29 is 19.1 Å². The maximum Gasteiger partial charge on any atom is 0.255 e. The molecule has 2 unspecified atom stereocenters. The highest BCUT2D eigenvalue weighted by Crippen LogP contribution is 2.39. The number of pyridine rings is 1. The molecule has 192 valence electrons. The third-order valence-corrected chi connectivity index (χ3v) is 8.13. The number of likely N-dealkylation sites (tertiary alicyclic amines) is 1. The summed E-state index contributed by atoms with van der Waals surface area (Å²) in [5.74, 6) is 2.71. The molecule has 1 amide bonds. The Hall–Kier alpha value is -3.61. The van der Waals surface area contributed by atoms with Crippen molar-refractivity contribution in [3.05, 3.63) is 71.1 Å². The molecule has 2 aliphatic carbocycles. The number of piperidine rings is 1. The molecule has 0 bridgehead atoms. The Kier molecular flexibility index (Phi) is 6.45. The van der Waals surface area contributed by atoms with Crippen LogP contribution in [0.3, 0.4) is 0 Å². The zero-order chi connectivity index (χ0) is 25.4. The molecule has 0 radical (unpaired) electrons. The van der Waals surface area contributed by atoms with E-state index in [2.05, 4.69) is 28.1 Å². The van der Waals surface area contributed by atoms with Gasteiger partial charge in [0.15, 0.2) is 17.4 Å². The molecule has 2 aliphatic heterocycles. The van der Waals surface area contributed by atoms with Crippen LogP contribution in [0.1, 0.15) is 58.4 Å². The minimum absolute atomic E-state index is 0.00546. The molecule has 3 heterocycles. The summed E-state index contributed by atoms with van der Waals surface area (Å²) < 4.78 is 11.2. The smallest absolute Gasteiger partial charge is 0.255 e. The molecule has 1 aromatic carbocycles. The summed E-state index contributed by atoms with van der Waals surface area (Å²) in [5.41, 5.74) is 3.51. The quantitative estimate of drug-likeness (QED) is 0.584. The van der Waals surface area contributed by atoms with Gasteiger partial charge in [-0.05, 0) is 86.4 Å². The molecule has 37 heavy (non-hydrogen) atoms. The minimum atomic E-state index is 0.00546. The van der Waals surface area contributed by atoms with E-state index in [4.69, 9.17) is 9.47 Å². The standard InChI is InChI=1S/C30H33N3O4/c1-36-24-9-5-20(6-10-24)25-11-7-21-17-23(8-12-26(21)28(25)34)33-15-16-37-27-18-22(19-31-29(27)33)30(35)32-13-3-2-4-14-32/h5,8-10,12,17-20,25H,2-4,6-7,11,13-16H2,1H3. The first kappa shape index (κ1) is 23.8. The number of amides is 1. The highest BCUT2D eigenvalue weighted by Gasteiger charge is 2.34. The number of ketones is 1. The Bertz CT molecular complexity index is 1280. The lowest BCUT2D eigenvalue weighted by atomic mass is 9.74. The van der Waals surface area contributed by atoms with Gasteiger partial charge in [-0.3, -0.25) is 9.59 Å². The van der Waals surface area contributed by atoms with E-state index < -0.39 is 0 Å². The second-order valence-electron chi connectivity index (χ2n) is 10.3. The highest BCUT2D eigenvalue weighted by molar-refractivity contribution is 6.01. The average Bonchev–Trinajstić information content (AvgIpc) is 2.96. The number of Topliss-reactive ketones (excluding diaryl/α,β-unsaturated/α-hetero) is 1. The molecule has 4 aliphatic rings. The number of hydrogen-bond donors (Lipinski definition) is 0. The van der Waals surface area contributed by atoms with E-state index >= 15 is 0 Å². The van der Waals surface area contributed by atoms with Crippen molar-refractivity contribution in [1.29, 1.82) is 0 Å². The molecule has 7 heteroatoms. The van der Waals surface area contributed by atoms with Gasteiger partial charge in [0.25, 0.3) is 5.91 Å². The number of methoxy groups -OCH3 is 1. The zero-order valence-corrected chi connectivity index (χ0v) is 21.3. The average molecular weight is 500 g/mol. The Morgan fingerprint density at radius 1 is 1.14 bits per heavy atom. The summed E-state index contributed by atoms with van der Waals surface area (Å²) in [4.78, 5) is 35.1. The van der Waals surface area contributed by atoms with Gasteiger partial charge in [0.05, 0.1) is 19.2 Å². The van der Waals surface area contributed by atoms with Gasteiger partial charge < -0.3 is 19.3 Å². The molecule has 2 atom stereocenters. The van der Waals surface area contributed by atoms with Crippen LogP contribution in [-0.4, -0.2) is 54.9 Å². The van der Waals surface area contributed by atoms with E-state index in [1.54, 1.807) is 13.3 Å². The predicted molar refractivity (Wildman–Crippen MR) is 141 cm³/mol. The molecule has 0 N–H and O–H groups in total. The normalized spacial score (nSPS) is 23.1. The number of allylic oxidation sites excluding steroid dienone is 3. The van der Waals surface area contributed by atoms with E-state index in [1.165, 1.54) is 6.42 Å². The fraction of sp³-hybridized carbons (Fsp3) is 0.433. The molecule has 1 fully saturated rings. The van der Waals surface area contributed by atoms with E-state index in [9.17, 15) is 9.59 Å². The Morgan fingerprint density at radius 3 is 2.78 bits per heavy atom. The number of anilines is 2. The van der Waals surface area contributed by atoms with Gasteiger partial charge in [-0.25, -0.2) is 4.98 Å². The molecule has 1 aromatic heterocycles. The first-order valence-electron chi connectivity index (χ1n) is 13.4. The van der Waals surface area contributed by atoms with Gasteiger partial charge in [0, 0.05) is 36.5 Å². The number of ether oxygens (including phenoxy) is 2. The van der Waals surface area contributed by atoms with Crippen LogP contribution >= 0.6 is 0 Å². The second-order valence-corrected chi connectivity index (χ2v) is 10.3. The summed E-state index contributed by atoms with van der Waals surface area (Å²) in [6.07, 6.45) is 13.7. The highest BCUT2D eigenvalue weighted by atomic mass is 16.5. The van der Waals surface area contributed by atoms with E-state index in [1.807, 2.05) is 29.2 Å². The van der Waals surface area contributed by atoms with Crippen molar-refractivity contribution in [3.63, 3.8) is 0 Å². The fourth-order valence-corrected chi connectivity index (χ4v) is 6.06. The number of carbonyl (C=O) groups excluding carboxylic acids is 2. The molecule has 0 spiro atoms. The first-order chi connectivity index (χ1) is 18.1. The van der Waals surface area contributed by atoms with E-state index in [-0.39, 0.29) is 23.5 Å². The van der Waals surface area contributed by atoms with Crippen LogP contribution < -0.4 is 9.64 Å². The molecular weight excluding hydrogens is 466 g/mol. The fourth-order valence-electron chi connectivity index (χ4n) is 6.06. The van der Waals surface area contributed by atoms with Crippen molar-refractivity contribution in [2.45, 2.75) is 38.5 Å². The van der Waals surface area contributed by atoms with Gasteiger partial charge in [-0.15, -0.1) is 0 Å². The Labute approximate surface area is 217 Å². The van der Waals surface area contributed by atoms with Crippen molar-refractivity contribution in [2.24, 2.45) is 11.8 Å². The van der Waals surface area contributed by atoms with Crippen LogP contribution in [0, 0.1) is 11.8 Å². The van der Waals surface area contributed by atoms with Crippen molar-refractivity contribution in [1.82, 2.24) is 9.88 Å². The number of fused-ring (bicyclic) bond motifs is 2. The van der Waals surface area contributed by atoms with Crippen LogP contribution in [0.5, 0.6) is 5.75 Å². The Balaban J connectivity index is 1.21. The van der Waals surface area contributed by atoms with Crippen molar-refractivity contribution >= 4 is 23.2 Å². The van der Waals surface area contributed by atoms with Crippen molar-refractivity contribution in [2.75, 3.05) is 38.3 Å². The maximum atomic E-state index is 13.4. The summed E-state index contributed by atoms with van der Waals surface area (Å²) in [7, 11) is 1.67. The van der Waals surface area contributed by atoms with Crippen LogP contribution in [0.4, 0.5) is 11.5 Å². The molecular formula is C30H33N3O4. The predicted octanol–water partition coefficient (Wildman–Crippen LogP) is 5.09. The lowest BCUT2D eigenvalue weighted by molar-refractivity contribution is 0.0723. The first-order valence-corrected chi connectivity index (χ1v) is 13.4. The van der Waals surface area contributed by atoms with Crippen LogP contribution in [0.25, 0.3) is 0 Å². The zero-order valence-electron chi connectivity index (χ0n) is 21.3. The Morgan fingerprint density at radius 2 is 2.00 bits per heavy atom. The van der Waals surface area contributed by atoms with E-state index in [0.29, 0.717) is 24.5 Å². The number of nitrogens with zero attached hydrogens (tertiary/aromatic N) is 3. The molecule has 2 aromatic rings. The van der Waals surface area contributed by atoms with Crippen LogP contribution in [0.15, 0.2) is 54.4 Å². The van der Waals surface area contributed by atoms with Gasteiger partial charge in [0.1, 0.15) is 12.4 Å². The summed E-state index contributed by atoms with van der Waals surface area (Å²) in [6.45, 7) is 2.79. The lowest BCUT2D eigenvalue weighted by Crippen LogP contribution is -2.36. The lowest BCUT2D eigenvalue weighted by Gasteiger charge is -2.33. The van der Waals surface area contributed by atoms with Crippen LogP contribution in [0.2, 0.25) is 0 Å². The summed E-state index contributed by atoms with van der Waals surface area (Å²) >= 11 is 0. The van der Waals surface area contributed by atoms with Gasteiger partial charge in [0.2, 0.25) is 0 Å². The second kappa shape index (κ2) is 10.0. The van der Waals surface area contributed by atoms with Crippen molar-refractivity contribution in [3.8, 4) is 5.75 Å². The number of aromatic nitrogens is 1.